The van der Waals surface area contributed by atoms with Gasteiger partial charge >= 0.3 is 0 Å². The van der Waals surface area contributed by atoms with Gasteiger partial charge < -0.3 is 16.6 Å². The first-order chi connectivity index (χ1) is 6.47. The van der Waals surface area contributed by atoms with Crippen molar-refractivity contribution < 1.29 is 5.11 Å². The highest BCUT2D eigenvalue weighted by molar-refractivity contribution is 5.13. The lowest BCUT2D eigenvalue weighted by atomic mass is 9.94. The molecule has 0 bridgehead atoms. The average Bonchev–Trinajstić information content (AvgIpc) is 1.99. The van der Waals surface area contributed by atoms with Crippen molar-refractivity contribution in [3.05, 3.63) is 0 Å². The summed E-state index contributed by atoms with van der Waals surface area (Å²) >= 11 is 0. The highest BCUT2D eigenvalue weighted by Crippen LogP contribution is 2.19. The van der Waals surface area contributed by atoms with E-state index in [4.69, 9.17) is 34.4 Å². The van der Waals surface area contributed by atoms with Gasteiger partial charge in [0.05, 0.1) is 0 Å². The number of aliphatic hydroxyl groups is 1. The van der Waals surface area contributed by atoms with Crippen LogP contribution in [0.15, 0.2) is 0 Å². The van der Waals surface area contributed by atoms with Gasteiger partial charge in [0, 0.05) is 0 Å². The van der Waals surface area contributed by atoms with Crippen molar-refractivity contribution in [2.24, 2.45) is 34.4 Å². The van der Waals surface area contributed by atoms with Crippen molar-refractivity contribution in [3.8, 4) is 0 Å². The van der Waals surface area contributed by atoms with Crippen LogP contribution in [0.5, 0.6) is 0 Å². The van der Waals surface area contributed by atoms with Gasteiger partial charge in [0.1, 0.15) is 0 Å². The van der Waals surface area contributed by atoms with Gasteiger partial charge in [0.2, 0.25) is 5.85 Å². The van der Waals surface area contributed by atoms with Crippen LogP contribution in [-0.4, -0.2) is 35.4 Å². The molecule has 16 N–H and O–H groups in total. The Bertz CT molecular complexity index is 241. The van der Waals surface area contributed by atoms with Crippen LogP contribution >= 0.6 is 0 Å². The first-order valence-corrected chi connectivity index (χ1v) is 4.21. The van der Waals surface area contributed by atoms with Gasteiger partial charge in [-0.25, -0.2) is 10.6 Å². The van der Waals surface area contributed by atoms with Crippen LogP contribution in [-0.2, 0) is 0 Å². The molecule has 0 spiro atoms. The zero-order valence-corrected chi connectivity index (χ0v) is 8.41. The van der Waals surface area contributed by atoms with E-state index in [0.717, 1.165) is 0 Å². The number of nitrogens with one attached hydrogen (secondary N) is 3. The Morgan fingerprint density at radius 1 is 1.00 bits per heavy atom. The fourth-order valence-electron chi connectivity index (χ4n) is 1.31. The minimum absolute atomic E-state index is 1.49. The third kappa shape index (κ3) is 1.72. The van der Waals surface area contributed by atoms with E-state index in [2.05, 4.69) is 16.0 Å². The van der Waals surface area contributed by atoms with Gasteiger partial charge in [-0.05, 0) is 7.05 Å². The van der Waals surface area contributed by atoms with Crippen LogP contribution in [0.3, 0.4) is 0 Å². The molecule has 0 aliphatic carbocycles. The summed E-state index contributed by atoms with van der Waals surface area (Å²) in [5, 5.41) is 17.2. The van der Waals surface area contributed by atoms with Crippen LogP contribution in [0.1, 0.15) is 0 Å². The van der Waals surface area contributed by atoms with Gasteiger partial charge in [-0.15, -0.1) is 0 Å². The normalized spacial score (nSPS) is 44.0. The highest BCUT2D eigenvalue weighted by Gasteiger charge is 2.62. The quantitative estimate of drug-likeness (QED) is 0.189. The average molecular weight is 221 g/mol. The second-order valence-electron chi connectivity index (χ2n) is 3.81. The van der Waals surface area contributed by atoms with E-state index in [1.165, 1.54) is 7.05 Å². The molecule has 1 rings (SSSR count). The van der Waals surface area contributed by atoms with Crippen LogP contribution in [0.25, 0.3) is 0 Å². The molecular weight excluding hydrogens is 202 g/mol. The Morgan fingerprint density at radius 2 is 1.47 bits per heavy atom. The Labute approximate surface area is 86.7 Å². The fourth-order valence-corrected chi connectivity index (χ4v) is 1.31. The molecule has 10 nitrogen and oxygen atoms in total. The predicted molar refractivity (Wildman–Crippen MR) is 53.6 cm³/mol. The van der Waals surface area contributed by atoms with E-state index in [-0.39, 0.29) is 0 Å². The molecule has 0 aromatic heterocycles. The lowest BCUT2D eigenvalue weighted by Crippen LogP contribution is -3.03. The third-order valence-corrected chi connectivity index (χ3v) is 2.50. The second kappa shape index (κ2) is 3.05. The van der Waals surface area contributed by atoms with E-state index in [1.807, 2.05) is 0 Å². The maximum Gasteiger partial charge on any atom is 0.210 e. The van der Waals surface area contributed by atoms with E-state index < -0.39 is 23.2 Å². The SMILES string of the molecule is CNC1(N)NC(N)(N)C(N)(N)C(N)(O)N1. The molecule has 10 heteroatoms. The second-order valence-corrected chi connectivity index (χ2v) is 3.81. The first-order valence-electron chi connectivity index (χ1n) is 4.21. The molecule has 0 aromatic rings. The molecule has 0 aromatic carbocycles. The Morgan fingerprint density at radius 3 is 1.80 bits per heavy atom. The third-order valence-electron chi connectivity index (χ3n) is 2.50. The monoisotopic (exact) mass is 221 g/mol. The number of hydrogen-bond acceptors (Lipinski definition) is 10. The summed E-state index contributed by atoms with van der Waals surface area (Å²) in [6.45, 7) is 0. The molecule has 1 heterocycles. The standard InChI is InChI=1S/C5H19N9O/c1-12-5(11)13-3(8,9)2(6,7)4(10,15)14-5/h12-15H,6-11H2,1H3. The minimum Gasteiger partial charge on any atom is -0.360 e. The first kappa shape index (κ1) is 12.7. The Kier molecular flexibility index (Phi) is 2.58. The van der Waals surface area contributed by atoms with Crippen LogP contribution in [0.4, 0.5) is 0 Å². The topological polar surface area (TPSA) is 212 Å². The molecule has 1 saturated heterocycles. The lowest BCUT2D eigenvalue weighted by Gasteiger charge is -2.58. The molecule has 1 aliphatic heterocycles. The predicted octanol–water partition coefficient (Wildman–Crippen LogP) is -6.24. The zero-order chi connectivity index (χ0) is 12.1. The van der Waals surface area contributed by atoms with E-state index in [9.17, 15) is 5.11 Å². The number of rotatable bonds is 1. The van der Waals surface area contributed by atoms with Gasteiger partial charge in [0.15, 0.2) is 17.4 Å². The van der Waals surface area contributed by atoms with Gasteiger partial charge in [-0.1, -0.05) is 0 Å². The van der Waals surface area contributed by atoms with Crippen LogP contribution in [0.2, 0.25) is 0 Å². The fraction of sp³-hybridized carbons (Fsp3) is 1.00. The maximum absolute atomic E-state index is 9.80. The van der Waals surface area contributed by atoms with Crippen molar-refractivity contribution in [1.29, 1.82) is 0 Å². The van der Waals surface area contributed by atoms with Crippen molar-refractivity contribution in [2.45, 2.75) is 23.2 Å². The number of hydrogen-bond donors (Lipinski definition) is 10. The van der Waals surface area contributed by atoms with E-state index in [1.54, 1.807) is 0 Å². The minimum atomic E-state index is -2.25. The summed E-state index contributed by atoms with van der Waals surface area (Å²) in [6, 6.07) is 0. The molecular formula is C5H19N9O. The molecule has 0 radical (unpaired) electrons. The Hall–Kier alpha value is -0.400. The van der Waals surface area contributed by atoms with Crippen molar-refractivity contribution >= 4 is 0 Å². The lowest BCUT2D eigenvalue weighted by molar-refractivity contribution is -0.166. The smallest absolute Gasteiger partial charge is 0.210 e. The van der Waals surface area contributed by atoms with E-state index in [0.29, 0.717) is 0 Å². The van der Waals surface area contributed by atoms with E-state index >= 15 is 0 Å². The summed E-state index contributed by atoms with van der Waals surface area (Å²) in [7, 11) is 1.49. The summed E-state index contributed by atoms with van der Waals surface area (Å²) in [5.74, 6) is -5.62. The molecule has 0 saturated carbocycles. The van der Waals surface area contributed by atoms with Crippen LogP contribution in [0, 0.1) is 0 Å². The van der Waals surface area contributed by atoms with Crippen molar-refractivity contribution in [1.82, 2.24) is 16.0 Å². The molecule has 15 heavy (non-hydrogen) atoms. The molecule has 1 aliphatic rings. The Balaban J connectivity index is 3.13. The van der Waals surface area contributed by atoms with Gasteiger partial charge in [-0.3, -0.25) is 28.3 Å². The van der Waals surface area contributed by atoms with Crippen molar-refractivity contribution in [2.75, 3.05) is 7.05 Å². The van der Waals surface area contributed by atoms with Crippen molar-refractivity contribution in [3.63, 3.8) is 0 Å². The molecule has 2 unspecified atom stereocenters. The highest BCUT2D eigenvalue weighted by atomic mass is 16.3. The van der Waals surface area contributed by atoms with Gasteiger partial charge in [0.25, 0.3) is 0 Å². The van der Waals surface area contributed by atoms with Gasteiger partial charge in [-0.2, -0.15) is 0 Å². The summed E-state index contributed by atoms with van der Waals surface area (Å²) in [4.78, 5) is 0. The summed E-state index contributed by atoms with van der Waals surface area (Å²) in [6.07, 6.45) is 0. The molecule has 2 atom stereocenters. The van der Waals surface area contributed by atoms with Crippen LogP contribution < -0.4 is 50.4 Å². The zero-order valence-electron chi connectivity index (χ0n) is 8.41. The molecule has 0 amide bonds. The number of nitrogens with two attached hydrogens (primary N) is 6. The molecule has 90 valence electrons. The summed E-state index contributed by atoms with van der Waals surface area (Å²) in [5.41, 5.74) is 31.4. The molecule has 1 fully saturated rings. The largest absolute Gasteiger partial charge is 0.360 e. The summed E-state index contributed by atoms with van der Waals surface area (Å²) < 4.78 is 0. The maximum atomic E-state index is 9.80.